The number of nitrogens with one attached hydrogen (secondary N) is 2. The number of pyridine rings is 1. The number of hydrogen-bond donors (Lipinski definition) is 7. The molecule has 1 aromatic heterocycles. The first-order valence-corrected chi connectivity index (χ1v) is 28.4. The molecule has 0 unspecified atom stereocenters. The van der Waals surface area contributed by atoms with E-state index < -0.39 is 86.6 Å². The summed E-state index contributed by atoms with van der Waals surface area (Å²) >= 11 is 0. The van der Waals surface area contributed by atoms with E-state index in [1.54, 1.807) is 26.8 Å². The predicted octanol–water partition coefficient (Wildman–Crippen LogP) is 10.0. The molecule has 0 fully saturated rings. The van der Waals surface area contributed by atoms with Crippen LogP contribution in [0.1, 0.15) is 22.3 Å². The van der Waals surface area contributed by atoms with E-state index >= 15 is 0 Å². The van der Waals surface area contributed by atoms with Gasteiger partial charge in [0.15, 0.2) is 11.6 Å². The SMILES string of the molecule is COc1cc(/N=N/c2cc3c(S(=O)(=O)O)cc(S(=O)(=O)O)cc3cc2S(=O)(=O)O)c(C)cc1/N=N/c1cc(OC)c(/N=N/c2c(Nc3ccc(S(=O)(=O)O)cc3)nc(Nc3ccc(S(=O)(=O)O)cc3)c(C#N)c2C)cc1C. The van der Waals surface area contributed by atoms with Crippen LogP contribution in [0.2, 0.25) is 0 Å². The average Bonchev–Trinajstić information content (AvgIpc) is 3.34. The number of benzene rings is 6. The van der Waals surface area contributed by atoms with Gasteiger partial charge in [0.1, 0.15) is 50.1 Å². The molecule has 0 aliphatic heterocycles. The first-order chi connectivity index (χ1) is 35.9. The molecule has 0 aliphatic carbocycles. The number of azo groups is 3. The second-order valence-corrected chi connectivity index (χ2v) is 23.2. The van der Waals surface area contributed by atoms with E-state index in [1.807, 2.05) is 0 Å². The molecular formula is C45H38N10O17S5. The van der Waals surface area contributed by atoms with E-state index in [0.29, 0.717) is 29.3 Å². The fraction of sp³-hybridized carbons (Fsp3) is 0.111. The van der Waals surface area contributed by atoms with Crippen LogP contribution in [0.15, 0.2) is 152 Å². The number of methoxy groups -OCH3 is 2. The lowest BCUT2D eigenvalue weighted by molar-refractivity contribution is 0.415. The van der Waals surface area contributed by atoms with Crippen molar-refractivity contribution < 1.29 is 74.3 Å². The number of nitriles is 1. The van der Waals surface area contributed by atoms with Gasteiger partial charge < -0.3 is 20.1 Å². The van der Waals surface area contributed by atoms with Gasteiger partial charge in [0.25, 0.3) is 50.6 Å². The topological polar surface area (TPSA) is 425 Å². The minimum Gasteiger partial charge on any atom is -0.494 e. The Morgan fingerprint density at radius 3 is 1.34 bits per heavy atom. The Kier molecular flexibility index (Phi) is 15.7. The molecule has 0 saturated heterocycles. The van der Waals surface area contributed by atoms with Crippen molar-refractivity contribution in [2.75, 3.05) is 24.9 Å². The summed E-state index contributed by atoms with van der Waals surface area (Å²) in [6, 6.07) is 20.4. The van der Waals surface area contributed by atoms with Crippen molar-refractivity contribution >= 4 is 118 Å². The molecule has 32 heteroatoms. The van der Waals surface area contributed by atoms with Crippen LogP contribution in [-0.2, 0) is 50.6 Å². The molecule has 7 N–H and O–H groups in total. The third-order valence-corrected chi connectivity index (χ3v) is 15.3. The second-order valence-electron chi connectivity index (χ2n) is 16.1. The Hall–Kier alpha value is -8.23. The number of ether oxygens (including phenoxy) is 2. The van der Waals surface area contributed by atoms with Gasteiger partial charge >= 0.3 is 0 Å². The summed E-state index contributed by atoms with van der Waals surface area (Å²) in [4.78, 5) is 0.807. The molecule has 77 heavy (non-hydrogen) atoms. The zero-order chi connectivity index (χ0) is 56.6. The quantitative estimate of drug-likeness (QED) is 0.0329. The van der Waals surface area contributed by atoms with Crippen molar-refractivity contribution in [2.24, 2.45) is 30.7 Å². The van der Waals surface area contributed by atoms with Crippen LogP contribution in [0.3, 0.4) is 0 Å². The van der Waals surface area contributed by atoms with Crippen LogP contribution in [0, 0.1) is 32.1 Å². The van der Waals surface area contributed by atoms with Gasteiger partial charge in [-0.15, -0.1) is 20.5 Å². The van der Waals surface area contributed by atoms with Gasteiger partial charge in [-0.2, -0.15) is 57.6 Å². The van der Waals surface area contributed by atoms with E-state index in [-0.39, 0.29) is 79.0 Å². The molecule has 0 spiro atoms. The van der Waals surface area contributed by atoms with Crippen molar-refractivity contribution in [1.82, 2.24) is 4.98 Å². The van der Waals surface area contributed by atoms with Gasteiger partial charge in [0.05, 0.1) is 45.8 Å². The van der Waals surface area contributed by atoms with Crippen molar-refractivity contribution in [3.8, 4) is 17.6 Å². The summed E-state index contributed by atoms with van der Waals surface area (Å²) < 4.78 is 179. The summed E-state index contributed by atoms with van der Waals surface area (Å²) in [6.45, 7) is 4.78. The smallest absolute Gasteiger partial charge is 0.296 e. The minimum atomic E-state index is -5.20. The number of anilines is 4. The molecule has 7 rings (SSSR count). The van der Waals surface area contributed by atoms with Crippen LogP contribution < -0.4 is 20.1 Å². The Morgan fingerprint density at radius 1 is 0.481 bits per heavy atom. The number of aryl methyl sites for hydroxylation is 2. The lowest BCUT2D eigenvalue weighted by atomic mass is 10.1. The lowest BCUT2D eigenvalue weighted by Gasteiger charge is -2.16. The first kappa shape index (κ1) is 56.5. The number of fused-ring (bicyclic) bond motifs is 1. The maximum absolute atomic E-state index is 12.5. The zero-order valence-corrected chi connectivity index (χ0v) is 44.1. The van der Waals surface area contributed by atoms with Crippen molar-refractivity contribution in [1.29, 1.82) is 5.26 Å². The molecule has 400 valence electrons. The van der Waals surface area contributed by atoms with Gasteiger partial charge in [-0.25, -0.2) is 4.98 Å². The third-order valence-electron chi connectivity index (χ3n) is 11.0. The van der Waals surface area contributed by atoms with E-state index in [2.05, 4.69) is 52.4 Å². The summed E-state index contributed by atoms with van der Waals surface area (Å²) in [7, 11) is -21.8. The van der Waals surface area contributed by atoms with Gasteiger partial charge in [-0.1, -0.05) is 0 Å². The highest BCUT2D eigenvalue weighted by molar-refractivity contribution is 7.87. The van der Waals surface area contributed by atoms with Gasteiger partial charge in [0.2, 0.25) is 0 Å². The van der Waals surface area contributed by atoms with E-state index in [1.165, 1.54) is 56.7 Å². The van der Waals surface area contributed by atoms with Crippen molar-refractivity contribution in [3.63, 3.8) is 0 Å². The molecule has 0 bridgehead atoms. The van der Waals surface area contributed by atoms with Crippen LogP contribution >= 0.6 is 0 Å². The molecule has 0 saturated carbocycles. The maximum Gasteiger partial charge on any atom is 0.296 e. The molecule has 6 aromatic carbocycles. The van der Waals surface area contributed by atoms with Gasteiger partial charge in [-0.3, -0.25) is 22.8 Å². The van der Waals surface area contributed by atoms with Crippen LogP contribution in [-0.4, -0.2) is 84.1 Å². The highest BCUT2D eigenvalue weighted by atomic mass is 32.2. The monoisotopic (exact) mass is 1150 g/mol. The van der Waals surface area contributed by atoms with E-state index in [4.69, 9.17) is 9.47 Å². The van der Waals surface area contributed by atoms with E-state index in [9.17, 15) is 70.1 Å². The van der Waals surface area contributed by atoms with Crippen molar-refractivity contribution in [2.45, 2.75) is 45.2 Å². The molecule has 0 radical (unpaired) electrons. The molecule has 0 atom stereocenters. The molecule has 1 heterocycles. The van der Waals surface area contributed by atoms with Crippen LogP contribution in [0.25, 0.3) is 10.8 Å². The number of aromatic nitrogens is 1. The fourth-order valence-electron chi connectivity index (χ4n) is 7.13. The number of rotatable bonds is 17. The predicted molar refractivity (Wildman–Crippen MR) is 274 cm³/mol. The van der Waals surface area contributed by atoms with Crippen LogP contribution in [0.5, 0.6) is 11.5 Å². The number of hydrogen-bond acceptors (Lipinski definition) is 22. The Bertz CT molecular complexity index is 4310. The molecular weight excluding hydrogens is 1110 g/mol. The highest BCUT2D eigenvalue weighted by Crippen LogP contribution is 2.43. The second kappa shape index (κ2) is 21.4. The molecule has 27 nitrogen and oxygen atoms in total. The summed E-state index contributed by atoms with van der Waals surface area (Å²) in [5.74, 6) is 0.177. The average molecular weight is 1150 g/mol. The summed E-state index contributed by atoms with van der Waals surface area (Å²) in [6.07, 6.45) is 0. The number of nitrogens with zero attached hydrogens (tertiary/aromatic N) is 8. The lowest BCUT2D eigenvalue weighted by Crippen LogP contribution is -2.05. The summed E-state index contributed by atoms with van der Waals surface area (Å²) in [5.41, 5.74) is 1.63. The highest BCUT2D eigenvalue weighted by Gasteiger charge is 2.26. The maximum atomic E-state index is 12.5. The van der Waals surface area contributed by atoms with Gasteiger partial charge in [0, 0.05) is 34.5 Å². The minimum absolute atomic E-state index is 0.00953. The van der Waals surface area contributed by atoms with Crippen molar-refractivity contribution in [3.05, 3.63) is 119 Å². The van der Waals surface area contributed by atoms with E-state index in [0.717, 1.165) is 30.3 Å². The van der Waals surface area contributed by atoms with Crippen LogP contribution in [0.4, 0.5) is 57.1 Å². The fourth-order valence-corrected chi connectivity index (χ4v) is 10.1. The zero-order valence-electron chi connectivity index (χ0n) is 40.0. The molecule has 0 aliphatic rings. The first-order valence-electron chi connectivity index (χ1n) is 21.2. The molecule has 0 amide bonds. The normalized spacial score (nSPS) is 12.6. The Morgan fingerprint density at radius 2 is 0.909 bits per heavy atom. The summed E-state index contributed by atoms with van der Waals surface area (Å²) in [5, 5.41) is 41.0. The largest absolute Gasteiger partial charge is 0.494 e. The van der Waals surface area contributed by atoms with Gasteiger partial charge in [-0.05, 0) is 122 Å². The Labute approximate surface area is 438 Å². The standard InChI is InChI=1S/C45H38N10O17S5/c1-23-14-36(39(71-4)21-35(23)51-54-38-19-32-26(17-42(38)77(68,69)70)16-31(75(62,63)64)18-41(32)76(65,66)67)52-50-34-20-40(72-5)37(15-24(34)2)53-55-43-25(3)33(22-46)44(47-27-6-10-29(11-7-27)73(56,57)58)49-45(43)48-28-8-12-30(13-9-28)74(59,60)61/h6-21H,1-5H3,(H2,47,48,49)(H,56,57,58)(H,59,60,61)(H,62,63,64)(H,65,66,67)(H,68,69,70)/b52-50+,54-51+,55-53+. The Balaban J connectivity index is 1.22. The third kappa shape index (κ3) is 12.9. The molecule has 7 aromatic rings.